The number of anilines is 1. The number of imidazole rings is 1. The van der Waals surface area contributed by atoms with Gasteiger partial charge >= 0.3 is 0 Å². The van der Waals surface area contributed by atoms with Gasteiger partial charge in [0, 0.05) is 18.8 Å². The molecule has 0 aliphatic carbocycles. The van der Waals surface area contributed by atoms with Crippen LogP contribution in [0.3, 0.4) is 0 Å². The maximum Gasteiger partial charge on any atom is 0.248 e. The predicted octanol–water partition coefficient (Wildman–Crippen LogP) is 1.78. The summed E-state index contributed by atoms with van der Waals surface area (Å²) in [4.78, 5) is 15.1. The Bertz CT molecular complexity index is 579. The fourth-order valence-electron chi connectivity index (χ4n) is 1.55. The van der Waals surface area contributed by atoms with Gasteiger partial charge in [0.15, 0.2) is 0 Å². The number of nitrogens with one attached hydrogen (secondary N) is 1. The molecule has 0 saturated heterocycles. The van der Waals surface area contributed by atoms with Crippen LogP contribution in [0.25, 0.3) is 0 Å². The van der Waals surface area contributed by atoms with Crippen molar-refractivity contribution in [2.45, 2.75) is 6.54 Å². The first-order valence-electron chi connectivity index (χ1n) is 5.36. The van der Waals surface area contributed by atoms with Gasteiger partial charge in [-0.3, -0.25) is 4.79 Å². The molecule has 0 radical (unpaired) electrons. The van der Waals surface area contributed by atoms with Gasteiger partial charge in [0.05, 0.1) is 29.3 Å². The van der Waals surface area contributed by atoms with Gasteiger partial charge in [-0.1, -0.05) is 11.6 Å². The van der Waals surface area contributed by atoms with Crippen molar-refractivity contribution >= 4 is 23.2 Å². The average molecular weight is 265 g/mol. The first-order chi connectivity index (χ1) is 8.58. The van der Waals surface area contributed by atoms with Gasteiger partial charge in [0.1, 0.15) is 0 Å². The molecule has 0 spiro atoms. The van der Waals surface area contributed by atoms with Crippen LogP contribution in [0, 0.1) is 0 Å². The fourth-order valence-corrected chi connectivity index (χ4v) is 1.74. The second-order valence-electron chi connectivity index (χ2n) is 3.91. The van der Waals surface area contributed by atoms with Crippen molar-refractivity contribution in [2.24, 2.45) is 12.8 Å². The quantitative estimate of drug-likeness (QED) is 0.884. The van der Waals surface area contributed by atoms with Crippen LogP contribution in [0.4, 0.5) is 5.69 Å². The van der Waals surface area contributed by atoms with E-state index in [-0.39, 0.29) is 0 Å². The maximum absolute atomic E-state index is 11.1. The molecule has 2 aromatic rings. The molecular weight excluding hydrogens is 252 g/mol. The van der Waals surface area contributed by atoms with Crippen LogP contribution in [-0.2, 0) is 13.6 Å². The van der Waals surface area contributed by atoms with E-state index >= 15 is 0 Å². The average Bonchev–Trinajstić information content (AvgIpc) is 2.73. The Morgan fingerprint density at radius 3 is 2.94 bits per heavy atom. The Balaban J connectivity index is 2.16. The van der Waals surface area contributed by atoms with Crippen molar-refractivity contribution in [2.75, 3.05) is 5.32 Å². The molecule has 0 saturated carbocycles. The number of primary amides is 1. The molecule has 3 N–H and O–H groups in total. The van der Waals surface area contributed by atoms with Gasteiger partial charge in [-0.15, -0.1) is 0 Å². The topological polar surface area (TPSA) is 72.9 Å². The molecule has 0 aliphatic heterocycles. The van der Waals surface area contributed by atoms with Crippen LogP contribution in [-0.4, -0.2) is 15.5 Å². The number of rotatable bonds is 4. The van der Waals surface area contributed by atoms with E-state index in [0.717, 1.165) is 5.69 Å². The third-order valence-corrected chi connectivity index (χ3v) is 2.96. The zero-order valence-electron chi connectivity index (χ0n) is 9.85. The van der Waals surface area contributed by atoms with Crippen LogP contribution >= 0.6 is 11.6 Å². The summed E-state index contributed by atoms with van der Waals surface area (Å²) >= 11 is 6.04. The van der Waals surface area contributed by atoms with Crippen molar-refractivity contribution < 1.29 is 4.79 Å². The Morgan fingerprint density at radius 2 is 2.33 bits per heavy atom. The standard InChI is InChI=1S/C12H13ClN4O/c1-17-7-15-5-9(17)6-16-11-4-8(12(14)18)2-3-10(11)13/h2-5,7,16H,6H2,1H3,(H2,14,18). The zero-order chi connectivity index (χ0) is 13.1. The number of carbonyl (C=O) groups is 1. The van der Waals surface area contributed by atoms with Crippen molar-refractivity contribution in [3.8, 4) is 0 Å². The van der Waals surface area contributed by atoms with E-state index in [0.29, 0.717) is 22.8 Å². The van der Waals surface area contributed by atoms with Gasteiger partial charge in [-0.05, 0) is 18.2 Å². The van der Waals surface area contributed by atoms with Crippen LogP contribution < -0.4 is 11.1 Å². The zero-order valence-corrected chi connectivity index (χ0v) is 10.6. The third-order valence-electron chi connectivity index (χ3n) is 2.63. The van der Waals surface area contributed by atoms with Crippen molar-refractivity contribution in [1.29, 1.82) is 0 Å². The SMILES string of the molecule is Cn1cncc1CNc1cc(C(N)=O)ccc1Cl. The number of amides is 1. The van der Waals surface area contributed by atoms with Gasteiger partial charge in [-0.25, -0.2) is 4.98 Å². The molecule has 1 aromatic carbocycles. The summed E-state index contributed by atoms with van der Waals surface area (Å²) in [5.41, 5.74) is 7.33. The summed E-state index contributed by atoms with van der Waals surface area (Å²) < 4.78 is 1.90. The van der Waals surface area contributed by atoms with Gasteiger partial charge in [-0.2, -0.15) is 0 Å². The van der Waals surface area contributed by atoms with Gasteiger partial charge in [0.25, 0.3) is 0 Å². The summed E-state index contributed by atoms with van der Waals surface area (Å²) in [6.45, 7) is 0.568. The van der Waals surface area contributed by atoms with E-state index in [4.69, 9.17) is 17.3 Å². The molecule has 0 fully saturated rings. The van der Waals surface area contributed by atoms with E-state index in [1.54, 1.807) is 30.7 Å². The number of halogens is 1. The molecule has 94 valence electrons. The molecule has 2 rings (SSSR count). The highest BCUT2D eigenvalue weighted by molar-refractivity contribution is 6.33. The summed E-state index contributed by atoms with van der Waals surface area (Å²) in [5.74, 6) is -0.477. The number of carbonyl (C=O) groups excluding carboxylic acids is 1. The first kappa shape index (κ1) is 12.4. The molecular formula is C12H13ClN4O. The van der Waals surface area contributed by atoms with Gasteiger partial charge < -0.3 is 15.6 Å². The minimum absolute atomic E-state index is 0.423. The number of benzene rings is 1. The van der Waals surface area contributed by atoms with Crippen LogP contribution in [0.2, 0.25) is 5.02 Å². The lowest BCUT2D eigenvalue weighted by atomic mass is 10.2. The lowest BCUT2D eigenvalue weighted by Gasteiger charge is -2.09. The smallest absolute Gasteiger partial charge is 0.248 e. The number of aromatic nitrogens is 2. The van der Waals surface area contributed by atoms with E-state index in [9.17, 15) is 4.79 Å². The lowest BCUT2D eigenvalue weighted by molar-refractivity contribution is 0.100. The summed E-state index contributed by atoms with van der Waals surface area (Å²) in [6, 6.07) is 4.88. The Labute approximate surface area is 110 Å². The highest BCUT2D eigenvalue weighted by Gasteiger charge is 2.06. The molecule has 1 aromatic heterocycles. The molecule has 0 atom stereocenters. The molecule has 0 unspecified atom stereocenters. The maximum atomic E-state index is 11.1. The Kier molecular flexibility index (Phi) is 3.53. The molecule has 18 heavy (non-hydrogen) atoms. The van der Waals surface area contributed by atoms with Gasteiger partial charge in [0.2, 0.25) is 5.91 Å². The van der Waals surface area contributed by atoms with E-state index in [2.05, 4.69) is 10.3 Å². The minimum atomic E-state index is -0.477. The summed E-state index contributed by atoms with van der Waals surface area (Å²) in [5, 5.41) is 3.69. The summed E-state index contributed by atoms with van der Waals surface area (Å²) in [7, 11) is 1.91. The normalized spacial score (nSPS) is 10.3. The molecule has 1 amide bonds. The first-order valence-corrected chi connectivity index (χ1v) is 5.74. The molecule has 0 bridgehead atoms. The van der Waals surface area contributed by atoms with Crippen LogP contribution in [0.1, 0.15) is 16.1 Å². The molecule has 6 heteroatoms. The Morgan fingerprint density at radius 1 is 1.56 bits per heavy atom. The van der Waals surface area contributed by atoms with Crippen molar-refractivity contribution in [3.63, 3.8) is 0 Å². The lowest BCUT2D eigenvalue weighted by Crippen LogP contribution is -2.11. The van der Waals surface area contributed by atoms with Crippen molar-refractivity contribution in [1.82, 2.24) is 9.55 Å². The number of aryl methyl sites for hydroxylation is 1. The van der Waals surface area contributed by atoms with Crippen molar-refractivity contribution in [3.05, 3.63) is 47.0 Å². The van der Waals surface area contributed by atoms with E-state index in [1.165, 1.54) is 0 Å². The van der Waals surface area contributed by atoms with E-state index in [1.807, 2.05) is 11.6 Å². The second-order valence-corrected chi connectivity index (χ2v) is 4.32. The number of nitrogens with two attached hydrogens (primary N) is 1. The van der Waals surface area contributed by atoms with Crippen LogP contribution in [0.5, 0.6) is 0 Å². The minimum Gasteiger partial charge on any atom is -0.378 e. The predicted molar refractivity (Wildman–Crippen MR) is 70.5 cm³/mol. The summed E-state index contributed by atoms with van der Waals surface area (Å²) in [6.07, 6.45) is 3.48. The molecule has 1 heterocycles. The van der Waals surface area contributed by atoms with Crippen LogP contribution in [0.15, 0.2) is 30.7 Å². The second kappa shape index (κ2) is 5.10. The number of hydrogen-bond donors (Lipinski definition) is 2. The number of hydrogen-bond acceptors (Lipinski definition) is 3. The third kappa shape index (κ3) is 2.62. The molecule has 5 nitrogen and oxygen atoms in total. The Hall–Kier alpha value is -2.01. The van der Waals surface area contributed by atoms with E-state index < -0.39 is 5.91 Å². The highest BCUT2D eigenvalue weighted by Crippen LogP contribution is 2.23. The number of nitrogens with zero attached hydrogens (tertiary/aromatic N) is 2. The molecule has 0 aliphatic rings. The monoisotopic (exact) mass is 264 g/mol. The largest absolute Gasteiger partial charge is 0.378 e. The highest BCUT2D eigenvalue weighted by atomic mass is 35.5. The fraction of sp³-hybridized carbons (Fsp3) is 0.167.